The molecule has 2 rings (SSSR count). The molecule has 0 amide bonds. The predicted octanol–water partition coefficient (Wildman–Crippen LogP) is 1.92. The monoisotopic (exact) mass is 291 g/mol. The number of nitriles is 1. The number of rotatable bonds is 4. The van der Waals surface area contributed by atoms with Crippen LogP contribution in [-0.4, -0.2) is 33.9 Å². The average Bonchev–Trinajstić information content (AvgIpc) is 2.46. The number of pyridine rings is 1. The topological polar surface area (TPSA) is 89.2 Å². The summed E-state index contributed by atoms with van der Waals surface area (Å²) in [5.74, 6) is 0.418. The number of nitrogens with one attached hydrogen (secondary N) is 1. The molecule has 0 spiro atoms. The fraction of sp³-hybridized carbons (Fsp3) is 0.286. The lowest BCUT2D eigenvalue weighted by atomic mass is 10.0. The summed E-state index contributed by atoms with van der Waals surface area (Å²) in [5.41, 5.74) is 0.146. The van der Waals surface area contributed by atoms with Crippen LogP contribution in [0.2, 0.25) is 5.02 Å². The zero-order chi connectivity index (χ0) is 14.8. The summed E-state index contributed by atoms with van der Waals surface area (Å²) in [6, 6.07) is 8.77. The van der Waals surface area contributed by atoms with E-state index in [2.05, 4.69) is 16.4 Å². The van der Waals surface area contributed by atoms with Crippen molar-refractivity contribution in [3.63, 3.8) is 0 Å². The maximum Gasteiger partial charge on any atom is 0.128 e. The number of hydrogen-bond acceptors (Lipinski definition) is 5. The number of fused-ring (bicyclic) bond motifs is 1. The predicted molar refractivity (Wildman–Crippen MR) is 77.7 cm³/mol. The number of benzene rings is 1. The van der Waals surface area contributed by atoms with Gasteiger partial charge < -0.3 is 15.5 Å². The van der Waals surface area contributed by atoms with Crippen LogP contribution in [0.5, 0.6) is 0 Å². The summed E-state index contributed by atoms with van der Waals surface area (Å²) < 4.78 is 0. The van der Waals surface area contributed by atoms with Crippen molar-refractivity contribution >= 4 is 28.3 Å². The highest BCUT2D eigenvalue weighted by atomic mass is 35.5. The molecular weight excluding hydrogens is 278 g/mol. The second-order valence-corrected chi connectivity index (χ2v) is 5.27. The lowest BCUT2D eigenvalue weighted by Crippen LogP contribution is -2.42. The Balaban J connectivity index is 2.52. The zero-order valence-corrected chi connectivity index (χ0v) is 11.6. The Hall–Kier alpha value is -1.87. The summed E-state index contributed by atoms with van der Waals surface area (Å²) in [4.78, 5) is 4.36. The summed E-state index contributed by atoms with van der Waals surface area (Å²) in [6.07, 6.45) is 0. The van der Waals surface area contributed by atoms with Crippen molar-refractivity contribution in [1.82, 2.24) is 4.98 Å². The normalized spacial score (nSPS) is 11.3. The van der Waals surface area contributed by atoms with Gasteiger partial charge in [-0.15, -0.1) is 0 Å². The van der Waals surface area contributed by atoms with E-state index in [1.807, 2.05) is 0 Å². The standard InChI is InChI=1S/C14H14ClN3O2/c1-14(7-19,8-20)18-13-4-9(6-16)11-5-10(15)2-3-12(11)17-13/h2-5,19-20H,7-8H2,1H3,(H,17,18). The van der Waals surface area contributed by atoms with Crippen LogP contribution in [0, 0.1) is 11.3 Å². The zero-order valence-electron chi connectivity index (χ0n) is 10.9. The molecule has 104 valence electrons. The first-order chi connectivity index (χ1) is 9.51. The van der Waals surface area contributed by atoms with Gasteiger partial charge in [0.05, 0.1) is 35.9 Å². The van der Waals surface area contributed by atoms with Crippen LogP contribution >= 0.6 is 11.6 Å². The van der Waals surface area contributed by atoms with E-state index in [1.165, 1.54) is 0 Å². The van der Waals surface area contributed by atoms with Gasteiger partial charge in [-0.25, -0.2) is 4.98 Å². The Morgan fingerprint density at radius 3 is 2.65 bits per heavy atom. The van der Waals surface area contributed by atoms with Crippen LogP contribution in [0.4, 0.5) is 5.82 Å². The highest BCUT2D eigenvalue weighted by Crippen LogP contribution is 2.25. The van der Waals surface area contributed by atoms with Crippen LogP contribution in [0.1, 0.15) is 12.5 Å². The van der Waals surface area contributed by atoms with Crippen LogP contribution in [0.3, 0.4) is 0 Å². The third-order valence-electron chi connectivity index (χ3n) is 3.02. The van der Waals surface area contributed by atoms with Gasteiger partial charge in [-0.1, -0.05) is 11.6 Å². The van der Waals surface area contributed by atoms with Gasteiger partial charge >= 0.3 is 0 Å². The van der Waals surface area contributed by atoms with Gasteiger partial charge in [-0.05, 0) is 31.2 Å². The number of aromatic nitrogens is 1. The number of halogens is 1. The van der Waals surface area contributed by atoms with E-state index in [0.717, 1.165) is 0 Å². The van der Waals surface area contributed by atoms with Crippen molar-refractivity contribution in [3.05, 3.63) is 34.9 Å². The highest BCUT2D eigenvalue weighted by molar-refractivity contribution is 6.31. The molecule has 1 aromatic heterocycles. The molecule has 5 nitrogen and oxygen atoms in total. The summed E-state index contributed by atoms with van der Waals surface area (Å²) in [7, 11) is 0. The second kappa shape index (κ2) is 5.63. The van der Waals surface area contributed by atoms with Crippen molar-refractivity contribution in [1.29, 1.82) is 5.26 Å². The molecule has 0 saturated carbocycles. The molecule has 0 fully saturated rings. The molecule has 0 atom stereocenters. The van der Waals surface area contributed by atoms with Crippen molar-refractivity contribution in [3.8, 4) is 6.07 Å². The van der Waals surface area contributed by atoms with E-state index in [1.54, 1.807) is 31.2 Å². The quantitative estimate of drug-likeness (QED) is 0.801. The van der Waals surface area contributed by atoms with Gasteiger partial charge in [0.1, 0.15) is 5.82 Å². The van der Waals surface area contributed by atoms with Crippen molar-refractivity contribution in [2.75, 3.05) is 18.5 Å². The fourth-order valence-electron chi connectivity index (χ4n) is 1.79. The minimum Gasteiger partial charge on any atom is -0.394 e. The first-order valence-corrected chi connectivity index (χ1v) is 6.39. The molecule has 0 saturated heterocycles. The van der Waals surface area contributed by atoms with Crippen LogP contribution in [-0.2, 0) is 0 Å². The summed E-state index contributed by atoms with van der Waals surface area (Å²) >= 11 is 5.92. The Kier molecular flexibility index (Phi) is 4.09. The Morgan fingerprint density at radius 1 is 1.35 bits per heavy atom. The molecule has 0 aliphatic heterocycles. The molecule has 0 aliphatic carbocycles. The molecule has 0 unspecified atom stereocenters. The van der Waals surface area contributed by atoms with E-state index in [-0.39, 0.29) is 13.2 Å². The molecule has 6 heteroatoms. The fourth-order valence-corrected chi connectivity index (χ4v) is 1.96. The molecule has 1 aromatic carbocycles. The second-order valence-electron chi connectivity index (χ2n) is 4.83. The molecular formula is C14H14ClN3O2. The van der Waals surface area contributed by atoms with Crippen molar-refractivity contribution in [2.24, 2.45) is 0 Å². The van der Waals surface area contributed by atoms with E-state index < -0.39 is 5.54 Å². The third-order valence-corrected chi connectivity index (χ3v) is 3.25. The van der Waals surface area contributed by atoms with Crippen molar-refractivity contribution in [2.45, 2.75) is 12.5 Å². The lowest BCUT2D eigenvalue weighted by Gasteiger charge is -2.27. The van der Waals surface area contributed by atoms with Gasteiger partial charge in [0.2, 0.25) is 0 Å². The van der Waals surface area contributed by atoms with Gasteiger partial charge in [-0.2, -0.15) is 5.26 Å². The minimum atomic E-state index is -0.903. The average molecular weight is 292 g/mol. The van der Waals surface area contributed by atoms with Crippen LogP contribution < -0.4 is 5.32 Å². The Morgan fingerprint density at radius 2 is 2.05 bits per heavy atom. The largest absolute Gasteiger partial charge is 0.394 e. The van der Waals surface area contributed by atoms with Gasteiger partial charge in [-0.3, -0.25) is 0 Å². The summed E-state index contributed by atoms with van der Waals surface area (Å²) in [5, 5.41) is 31.9. The molecule has 3 N–H and O–H groups in total. The van der Waals surface area contributed by atoms with Crippen LogP contribution in [0.15, 0.2) is 24.3 Å². The lowest BCUT2D eigenvalue weighted by molar-refractivity contribution is 0.147. The molecule has 0 bridgehead atoms. The van der Waals surface area contributed by atoms with E-state index in [9.17, 15) is 15.5 Å². The van der Waals surface area contributed by atoms with E-state index >= 15 is 0 Å². The Bertz CT molecular complexity index is 678. The molecule has 0 radical (unpaired) electrons. The van der Waals surface area contributed by atoms with E-state index in [0.29, 0.717) is 27.3 Å². The molecule has 0 aliphatic rings. The number of anilines is 1. The molecule has 20 heavy (non-hydrogen) atoms. The minimum absolute atomic E-state index is 0.258. The Labute approximate surface area is 121 Å². The van der Waals surface area contributed by atoms with Crippen molar-refractivity contribution < 1.29 is 10.2 Å². The first kappa shape index (κ1) is 14.5. The number of hydrogen-bond donors (Lipinski definition) is 3. The molecule has 2 aromatic rings. The first-order valence-electron chi connectivity index (χ1n) is 6.01. The smallest absolute Gasteiger partial charge is 0.128 e. The SMILES string of the molecule is CC(CO)(CO)Nc1cc(C#N)c2cc(Cl)ccc2n1. The van der Waals surface area contributed by atoms with Gasteiger partial charge in [0, 0.05) is 10.4 Å². The van der Waals surface area contributed by atoms with E-state index in [4.69, 9.17) is 11.6 Å². The van der Waals surface area contributed by atoms with Crippen LogP contribution in [0.25, 0.3) is 10.9 Å². The summed E-state index contributed by atoms with van der Waals surface area (Å²) in [6.45, 7) is 1.14. The molecule has 1 heterocycles. The number of aliphatic hydroxyl groups excluding tert-OH is 2. The maximum absolute atomic E-state index is 9.29. The third kappa shape index (κ3) is 2.83. The highest BCUT2D eigenvalue weighted by Gasteiger charge is 2.23. The van der Waals surface area contributed by atoms with Gasteiger partial charge in [0.25, 0.3) is 0 Å². The maximum atomic E-state index is 9.29. The van der Waals surface area contributed by atoms with Gasteiger partial charge in [0.15, 0.2) is 0 Å². The number of aliphatic hydroxyl groups is 2. The number of nitrogens with zero attached hydrogens (tertiary/aromatic N) is 2.